The van der Waals surface area contributed by atoms with Crippen molar-refractivity contribution in [2.45, 2.75) is 31.2 Å². The summed E-state index contributed by atoms with van der Waals surface area (Å²) < 4.78 is 33.0. The van der Waals surface area contributed by atoms with E-state index in [1.807, 2.05) is 24.3 Å². The van der Waals surface area contributed by atoms with E-state index in [1.165, 1.54) is 24.8 Å². The van der Waals surface area contributed by atoms with Crippen molar-refractivity contribution in [2.24, 2.45) is 0 Å². The van der Waals surface area contributed by atoms with Crippen LogP contribution in [-0.2, 0) is 16.4 Å². The van der Waals surface area contributed by atoms with E-state index in [1.54, 1.807) is 13.0 Å². The van der Waals surface area contributed by atoms with Gasteiger partial charge in [-0.05, 0) is 42.7 Å². The van der Waals surface area contributed by atoms with Crippen LogP contribution < -0.4 is 9.46 Å². The van der Waals surface area contributed by atoms with Gasteiger partial charge in [-0.15, -0.1) is 0 Å². The van der Waals surface area contributed by atoms with Gasteiger partial charge in [-0.3, -0.25) is 0 Å². The number of nitrogens with one attached hydrogen (secondary N) is 1. The van der Waals surface area contributed by atoms with Crippen LogP contribution >= 0.6 is 11.6 Å². The quantitative estimate of drug-likeness (QED) is 0.855. The van der Waals surface area contributed by atoms with Gasteiger partial charge in [0.1, 0.15) is 10.6 Å². The van der Waals surface area contributed by atoms with Gasteiger partial charge in [-0.25, -0.2) is 13.1 Å². The Morgan fingerprint density at radius 1 is 1.17 bits per heavy atom. The van der Waals surface area contributed by atoms with Gasteiger partial charge in [0.25, 0.3) is 0 Å². The van der Waals surface area contributed by atoms with Crippen molar-refractivity contribution in [3.8, 4) is 5.75 Å². The molecule has 6 heteroatoms. The minimum absolute atomic E-state index is 0.0320. The Morgan fingerprint density at radius 3 is 2.39 bits per heavy atom. The Morgan fingerprint density at radius 2 is 1.83 bits per heavy atom. The Kier molecular flexibility index (Phi) is 5.68. The van der Waals surface area contributed by atoms with Gasteiger partial charge in [0.15, 0.2) is 0 Å². The summed E-state index contributed by atoms with van der Waals surface area (Å²) in [6, 6.07) is 12.0. The van der Waals surface area contributed by atoms with E-state index in [2.05, 4.69) is 11.6 Å². The fourth-order valence-corrected chi connectivity index (χ4v) is 3.93. The molecule has 0 bridgehead atoms. The topological polar surface area (TPSA) is 55.4 Å². The van der Waals surface area contributed by atoms with Crippen molar-refractivity contribution in [3.63, 3.8) is 0 Å². The first kappa shape index (κ1) is 17.8. The monoisotopic (exact) mass is 353 g/mol. The first-order chi connectivity index (χ1) is 10.9. The Labute approximate surface area is 142 Å². The predicted octanol–water partition coefficient (Wildman–Crippen LogP) is 3.95. The van der Waals surface area contributed by atoms with Crippen molar-refractivity contribution in [1.29, 1.82) is 0 Å². The molecule has 0 amide bonds. The molecule has 1 N–H and O–H groups in total. The first-order valence-electron chi connectivity index (χ1n) is 7.32. The van der Waals surface area contributed by atoms with E-state index >= 15 is 0 Å². The van der Waals surface area contributed by atoms with E-state index in [0.717, 1.165) is 12.0 Å². The normalized spacial score (nSPS) is 12.9. The van der Waals surface area contributed by atoms with Crippen LogP contribution in [0, 0.1) is 0 Å². The number of aryl methyl sites for hydroxylation is 1. The number of hydrogen-bond donors (Lipinski definition) is 1. The lowest BCUT2D eigenvalue weighted by Gasteiger charge is -2.17. The van der Waals surface area contributed by atoms with Crippen LogP contribution in [0.2, 0.25) is 5.02 Å². The summed E-state index contributed by atoms with van der Waals surface area (Å²) in [6.07, 6.45) is 0.945. The zero-order chi connectivity index (χ0) is 17.0. The third kappa shape index (κ3) is 4.25. The van der Waals surface area contributed by atoms with Crippen molar-refractivity contribution in [3.05, 3.63) is 58.6 Å². The van der Waals surface area contributed by atoms with Gasteiger partial charge < -0.3 is 4.74 Å². The average molecular weight is 354 g/mol. The average Bonchev–Trinajstić information content (AvgIpc) is 2.54. The first-order valence-corrected chi connectivity index (χ1v) is 9.18. The van der Waals surface area contributed by atoms with Gasteiger partial charge >= 0.3 is 0 Å². The van der Waals surface area contributed by atoms with Crippen LogP contribution in [0.4, 0.5) is 0 Å². The van der Waals surface area contributed by atoms with Crippen LogP contribution in [0.1, 0.15) is 31.0 Å². The van der Waals surface area contributed by atoms with Crippen LogP contribution in [-0.4, -0.2) is 15.5 Å². The van der Waals surface area contributed by atoms with E-state index in [9.17, 15) is 8.42 Å². The SMILES string of the molecule is CCc1ccc([C@H](C)NS(=O)(=O)c2cc(Cl)ccc2OC)cc1. The van der Waals surface area contributed by atoms with Gasteiger partial charge in [0.05, 0.1) is 7.11 Å². The molecule has 0 radical (unpaired) electrons. The minimum Gasteiger partial charge on any atom is -0.495 e. The summed E-state index contributed by atoms with van der Waals surface area (Å²) in [5.41, 5.74) is 2.10. The number of rotatable bonds is 6. The highest BCUT2D eigenvalue weighted by Gasteiger charge is 2.22. The lowest BCUT2D eigenvalue weighted by Crippen LogP contribution is -2.27. The van der Waals surface area contributed by atoms with E-state index in [-0.39, 0.29) is 16.7 Å². The maximum absolute atomic E-state index is 12.6. The maximum Gasteiger partial charge on any atom is 0.244 e. The molecule has 2 aromatic rings. The molecule has 0 fully saturated rings. The van der Waals surface area contributed by atoms with E-state index in [4.69, 9.17) is 16.3 Å². The summed E-state index contributed by atoms with van der Waals surface area (Å²) in [4.78, 5) is 0.0320. The summed E-state index contributed by atoms with van der Waals surface area (Å²) in [5, 5.41) is 0.339. The number of sulfonamides is 1. The molecular formula is C17H20ClNO3S. The predicted molar refractivity (Wildman–Crippen MR) is 92.6 cm³/mol. The van der Waals surface area contributed by atoms with Crippen molar-refractivity contribution in [1.82, 2.24) is 4.72 Å². The molecule has 23 heavy (non-hydrogen) atoms. The molecular weight excluding hydrogens is 334 g/mol. The number of hydrogen-bond acceptors (Lipinski definition) is 3. The second-order valence-corrected chi connectivity index (χ2v) is 7.35. The van der Waals surface area contributed by atoms with Gasteiger partial charge in [0.2, 0.25) is 10.0 Å². The molecule has 1 atom stereocenters. The molecule has 0 unspecified atom stereocenters. The fraction of sp³-hybridized carbons (Fsp3) is 0.294. The molecule has 0 heterocycles. The Bertz CT molecular complexity index is 773. The lowest BCUT2D eigenvalue weighted by molar-refractivity contribution is 0.402. The summed E-state index contributed by atoms with van der Waals surface area (Å²) in [6.45, 7) is 3.88. The van der Waals surface area contributed by atoms with Crippen LogP contribution in [0.3, 0.4) is 0 Å². The second kappa shape index (κ2) is 7.34. The minimum atomic E-state index is -3.75. The molecule has 0 spiro atoms. The zero-order valence-electron chi connectivity index (χ0n) is 13.3. The zero-order valence-corrected chi connectivity index (χ0v) is 14.9. The molecule has 4 nitrogen and oxygen atoms in total. The Hall–Kier alpha value is -1.56. The fourth-order valence-electron chi connectivity index (χ4n) is 2.27. The number of methoxy groups -OCH3 is 1. The molecule has 124 valence electrons. The van der Waals surface area contributed by atoms with E-state index in [0.29, 0.717) is 5.02 Å². The summed E-state index contributed by atoms with van der Waals surface area (Å²) in [7, 11) is -2.32. The van der Waals surface area contributed by atoms with Crippen molar-refractivity contribution in [2.75, 3.05) is 7.11 Å². The highest BCUT2D eigenvalue weighted by atomic mass is 35.5. The van der Waals surface area contributed by atoms with Crippen molar-refractivity contribution < 1.29 is 13.2 Å². The highest BCUT2D eigenvalue weighted by molar-refractivity contribution is 7.89. The molecule has 0 aliphatic rings. The van der Waals surface area contributed by atoms with Gasteiger partial charge in [-0.2, -0.15) is 0 Å². The number of benzene rings is 2. The molecule has 0 aliphatic heterocycles. The molecule has 2 rings (SSSR count). The lowest BCUT2D eigenvalue weighted by atomic mass is 10.1. The Balaban J connectivity index is 2.28. The van der Waals surface area contributed by atoms with Crippen LogP contribution in [0.15, 0.2) is 47.4 Å². The molecule has 2 aromatic carbocycles. The standard InChI is InChI=1S/C17H20ClNO3S/c1-4-13-5-7-14(8-6-13)12(2)19-23(20,21)17-11-15(18)9-10-16(17)22-3/h5-12,19H,4H2,1-3H3/t12-/m0/s1. The molecule has 0 saturated heterocycles. The molecule has 0 aromatic heterocycles. The maximum atomic E-state index is 12.6. The summed E-state index contributed by atoms with van der Waals surface area (Å²) >= 11 is 5.92. The van der Waals surface area contributed by atoms with Crippen molar-refractivity contribution >= 4 is 21.6 Å². The largest absolute Gasteiger partial charge is 0.495 e. The number of halogens is 1. The van der Waals surface area contributed by atoms with Crippen LogP contribution in [0.5, 0.6) is 5.75 Å². The highest BCUT2D eigenvalue weighted by Crippen LogP contribution is 2.28. The smallest absolute Gasteiger partial charge is 0.244 e. The third-order valence-corrected chi connectivity index (χ3v) is 5.43. The van der Waals surface area contributed by atoms with Crippen LogP contribution in [0.25, 0.3) is 0 Å². The second-order valence-electron chi connectivity index (χ2n) is 5.23. The molecule has 0 aliphatic carbocycles. The number of ether oxygens (including phenoxy) is 1. The van der Waals surface area contributed by atoms with E-state index < -0.39 is 10.0 Å². The molecule has 0 saturated carbocycles. The summed E-state index contributed by atoms with van der Waals surface area (Å²) in [5.74, 6) is 0.260. The third-order valence-electron chi connectivity index (χ3n) is 3.64. The van der Waals surface area contributed by atoms with Gasteiger partial charge in [-0.1, -0.05) is 42.8 Å². The van der Waals surface area contributed by atoms with Gasteiger partial charge in [0, 0.05) is 11.1 Å².